The first-order valence-corrected chi connectivity index (χ1v) is 4.69. The minimum Gasteiger partial charge on any atom is -0.368 e. The van der Waals surface area contributed by atoms with Gasteiger partial charge in [-0.3, -0.25) is 0 Å². The Balaban J connectivity index is 1.91. The van der Waals surface area contributed by atoms with E-state index in [1.165, 1.54) is 0 Å². The topological polar surface area (TPSA) is 43.7 Å². The molecular formula is C9H17NO2. The number of likely N-dealkylation sites (tertiary alicyclic amines) is 1. The summed E-state index contributed by atoms with van der Waals surface area (Å²) in [6.45, 7) is 2.23. The van der Waals surface area contributed by atoms with E-state index in [4.69, 9.17) is 10.2 Å². The predicted octanol–water partition coefficient (Wildman–Crippen LogP) is 0.0290. The predicted molar refractivity (Wildman–Crippen MR) is 45.5 cm³/mol. The molecule has 0 unspecified atom stereocenters. The van der Waals surface area contributed by atoms with Crippen molar-refractivity contribution in [2.45, 2.75) is 25.6 Å². The van der Waals surface area contributed by atoms with Crippen LogP contribution in [0.15, 0.2) is 0 Å². The summed E-state index contributed by atoms with van der Waals surface area (Å²) in [5, 5.41) is 18.0. The van der Waals surface area contributed by atoms with Gasteiger partial charge in [0.05, 0.1) is 0 Å². The van der Waals surface area contributed by atoms with Crippen molar-refractivity contribution in [1.82, 2.24) is 4.90 Å². The fourth-order valence-electron chi connectivity index (χ4n) is 2.44. The number of hydrogen-bond acceptors (Lipinski definition) is 3. The van der Waals surface area contributed by atoms with Gasteiger partial charge in [0.25, 0.3) is 0 Å². The SMILES string of the molecule is CN1CCC2(CC1)C[C@@H]2C(O)O. The summed E-state index contributed by atoms with van der Waals surface area (Å²) in [6.07, 6.45) is 2.24. The molecule has 1 spiro atoms. The second-order valence-electron chi connectivity index (χ2n) is 4.39. The van der Waals surface area contributed by atoms with Crippen molar-refractivity contribution in [2.24, 2.45) is 11.3 Å². The van der Waals surface area contributed by atoms with Crippen molar-refractivity contribution in [1.29, 1.82) is 0 Å². The molecule has 2 N–H and O–H groups in total. The van der Waals surface area contributed by atoms with Crippen LogP contribution >= 0.6 is 0 Å². The molecule has 1 atom stereocenters. The van der Waals surface area contributed by atoms with Crippen molar-refractivity contribution >= 4 is 0 Å². The van der Waals surface area contributed by atoms with E-state index in [1.807, 2.05) is 0 Å². The number of rotatable bonds is 1. The molecular weight excluding hydrogens is 154 g/mol. The van der Waals surface area contributed by atoms with Crippen LogP contribution in [0.25, 0.3) is 0 Å². The smallest absolute Gasteiger partial charge is 0.154 e. The van der Waals surface area contributed by atoms with Crippen molar-refractivity contribution in [3.05, 3.63) is 0 Å². The Morgan fingerprint density at radius 1 is 1.33 bits per heavy atom. The van der Waals surface area contributed by atoms with Gasteiger partial charge in [-0.05, 0) is 44.8 Å². The maximum atomic E-state index is 9.02. The third kappa shape index (κ3) is 1.26. The maximum absolute atomic E-state index is 9.02. The van der Waals surface area contributed by atoms with E-state index < -0.39 is 6.29 Å². The molecule has 1 aliphatic heterocycles. The number of piperidine rings is 1. The average Bonchev–Trinajstić information content (AvgIpc) is 2.72. The molecule has 2 aliphatic rings. The van der Waals surface area contributed by atoms with Gasteiger partial charge in [-0.25, -0.2) is 0 Å². The lowest BCUT2D eigenvalue weighted by Crippen LogP contribution is -2.33. The first kappa shape index (κ1) is 8.48. The van der Waals surface area contributed by atoms with Crippen LogP contribution in [0.5, 0.6) is 0 Å². The Bertz CT molecular complexity index is 173. The van der Waals surface area contributed by atoms with Crippen LogP contribution < -0.4 is 0 Å². The molecule has 2 rings (SSSR count). The van der Waals surface area contributed by atoms with Crippen LogP contribution in [0.2, 0.25) is 0 Å². The number of aliphatic hydroxyl groups excluding tert-OH is 1. The molecule has 0 bridgehead atoms. The fourth-order valence-corrected chi connectivity index (χ4v) is 2.44. The van der Waals surface area contributed by atoms with Crippen LogP contribution in [-0.4, -0.2) is 41.5 Å². The lowest BCUT2D eigenvalue weighted by Gasteiger charge is -2.30. The van der Waals surface area contributed by atoms with E-state index in [2.05, 4.69) is 11.9 Å². The first-order valence-electron chi connectivity index (χ1n) is 4.69. The van der Waals surface area contributed by atoms with Crippen LogP contribution in [0.3, 0.4) is 0 Å². The summed E-state index contributed by atoms with van der Waals surface area (Å²) >= 11 is 0. The molecule has 2 fully saturated rings. The van der Waals surface area contributed by atoms with Gasteiger partial charge in [0.2, 0.25) is 0 Å². The van der Waals surface area contributed by atoms with Gasteiger partial charge >= 0.3 is 0 Å². The molecule has 3 heteroatoms. The van der Waals surface area contributed by atoms with Gasteiger partial charge in [-0.15, -0.1) is 0 Å². The Hall–Kier alpha value is -0.120. The van der Waals surface area contributed by atoms with Gasteiger partial charge in [-0.2, -0.15) is 0 Å². The molecule has 12 heavy (non-hydrogen) atoms. The van der Waals surface area contributed by atoms with Crippen molar-refractivity contribution < 1.29 is 10.2 Å². The van der Waals surface area contributed by atoms with E-state index in [9.17, 15) is 0 Å². The highest BCUT2D eigenvalue weighted by Gasteiger charge is 2.57. The molecule has 0 aromatic heterocycles. The lowest BCUT2D eigenvalue weighted by atomic mass is 9.91. The molecule has 1 saturated carbocycles. The molecule has 1 saturated heterocycles. The van der Waals surface area contributed by atoms with E-state index in [0.717, 1.165) is 32.4 Å². The van der Waals surface area contributed by atoms with Crippen molar-refractivity contribution in [3.63, 3.8) is 0 Å². The highest BCUT2D eigenvalue weighted by molar-refractivity contribution is 5.05. The van der Waals surface area contributed by atoms with E-state index in [0.29, 0.717) is 5.41 Å². The Kier molecular flexibility index (Phi) is 1.90. The zero-order valence-electron chi connectivity index (χ0n) is 7.53. The van der Waals surface area contributed by atoms with Gasteiger partial charge in [-0.1, -0.05) is 0 Å². The lowest BCUT2D eigenvalue weighted by molar-refractivity contribution is -0.0695. The van der Waals surface area contributed by atoms with E-state index in [-0.39, 0.29) is 5.92 Å². The summed E-state index contributed by atoms with van der Waals surface area (Å²) in [6, 6.07) is 0. The van der Waals surface area contributed by atoms with Crippen LogP contribution in [0.1, 0.15) is 19.3 Å². The Morgan fingerprint density at radius 2 is 1.92 bits per heavy atom. The quantitative estimate of drug-likeness (QED) is 0.547. The molecule has 0 amide bonds. The summed E-state index contributed by atoms with van der Waals surface area (Å²) < 4.78 is 0. The molecule has 3 nitrogen and oxygen atoms in total. The second-order valence-corrected chi connectivity index (χ2v) is 4.39. The largest absolute Gasteiger partial charge is 0.368 e. The monoisotopic (exact) mass is 171 g/mol. The molecule has 1 aliphatic carbocycles. The number of nitrogens with zero attached hydrogens (tertiary/aromatic N) is 1. The zero-order chi connectivity index (χ0) is 8.77. The summed E-state index contributed by atoms with van der Waals surface area (Å²) in [4.78, 5) is 2.31. The molecule has 0 aromatic carbocycles. The fraction of sp³-hybridized carbons (Fsp3) is 1.00. The highest BCUT2D eigenvalue weighted by Crippen LogP contribution is 2.60. The zero-order valence-corrected chi connectivity index (χ0v) is 7.53. The normalized spacial score (nSPS) is 34.5. The van der Waals surface area contributed by atoms with Crippen LogP contribution in [0, 0.1) is 11.3 Å². The molecule has 1 heterocycles. The molecule has 0 aromatic rings. The van der Waals surface area contributed by atoms with Crippen LogP contribution in [-0.2, 0) is 0 Å². The van der Waals surface area contributed by atoms with Gasteiger partial charge in [0.1, 0.15) is 0 Å². The first-order chi connectivity index (χ1) is 5.64. The molecule has 0 radical (unpaired) electrons. The second kappa shape index (κ2) is 2.69. The Labute approximate surface area is 73.0 Å². The summed E-state index contributed by atoms with van der Waals surface area (Å²) in [5.41, 5.74) is 0.306. The van der Waals surface area contributed by atoms with Gasteiger partial charge in [0, 0.05) is 5.92 Å². The van der Waals surface area contributed by atoms with Gasteiger partial charge in [0.15, 0.2) is 6.29 Å². The number of aliphatic hydroxyl groups is 2. The van der Waals surface area contributed by atoms with Crippen molar-refractivity contribution in [2.75, 3.05) is 20.1 Å². The third-order valence-corrected chi connectivity index (χ3v) is 3.60. The highest BCUT2D eigenvalue weighted by atomic mass is 16.5. The van der Waals surface area contributed by atoms with Crippen LogP contribution in [0.4, 0.5) is 0 Å². The molecule has 70 valence electrons. The van der Waals surface area contributed by atoms with E-state index >= 15 is 0 Å². The standard InChI is InChI=1S/C9H17NO2/c1-10-4-2-9(3-5-10)6-7(9)8(11)12/h7-8,11-12H,2-6H2,1H3/t7-/m1/s1. The minimum atomic E-state index is -1.08. The Morgan fingerprint density at radius 3 is 2.33 bits per heavy atom. The van der Waals surface area contributed by atoms with E-state index in [1.54, 1.807) is 0 Å². The van der Waals surface area contributed by atoms with Crippen molar-refractivity contribution in [3.8, 4) is 0 Å². The third-order valence-electron chi connectivity index (χ3n) is 3.60. The maximum Gasteiger partial charge on any atom is 0.154 e. The number of hydrogen-bond donors (Lipinski definition) is 2. The summed E-state index contributed by atoms with van der Waals surface area (Å²) in [7, 11) is 2.12. The minimum absolute atomic E-state index is 0.172. The summed E-state index contributed by atoms with van der Waals surface area (Å²) in [5.74, 6) is 0.172. The van der Waals surface area contributed by atoms with Gasteiger partial charge < -0.3 is 15.1 Å². The average molecular weight is 171 g/mol.